The van der Waals surface area contributed by atoms with Gasteiger partial charge < -0.3 is 5.73 Å². The highest BCUT2D eigenvalue weighted by Crippen LogP contribution is 2.32. The smallest absolute Gasteiger partial charge is 0.217 e. The Hall–Kier alpha value is 0.340. The second-order valence-corrected chi connectivity index (χ2v) is 6.22. The highest BCUT2D eigenvalue weighted by atomic mass is 35.6. The fraction of sp³-hybridized carbons (Fsp3) is 0.900. The molecule has 0 aliphatic carbocycles. The van der Waals surface area contributed by atoms with Gasteiger partial charge in [-0.15, -0.1) is 0 Å². The van der Waals surface area contributed by atoms with Gasteiger partial charge in [-0.1, -0.05) is 60.5 Å². The third kappa shape index (κ3) is 14.3. The van der Waals surface area contributed by atoms with Gasteiger partial charge in [0.25, 0.3) is 0 Å². The minimum Gasteiger partial charge on any atom is -0.370 e. The van der Waals surface area contributed by atoms with Crippen LogP contribution in [0, 0.1) is 0 Å². The zero-order valence-corrected chi connectivity index (χ0v) is 11.0. The fourth-order valence-electron chi connectivity index (χ4n) is 1.33. The van der Waals surface area contributed by atoms with Crippen LogP contribution in [-0.2, 0) is 4.79 Å². The van der Waals surface area contributed by atoms with Crippen molar-refractivity contribution in [2.24, 2.45) is 5.73 Å². The number of carbonyl (C=O) groups is 1. The molecular formula is C10H18Cl3NO. The number of rotatable bonds is 8. The first-order valence-electron chi connectivity index (χ1n) is 5.27. The minimum atomic E-state index is -1.11. The lowest BCUT2D eigenvalue weighted by atomic mass is 10.1. The van der Waals surface area contributed by atoms with E-state index >= 15 is 0 Å². The first-order chi connectivity index (χ1) is 6.92. The molecule has 0 atom stereocenters. The Labute approximate surface area is 106 Å². The Balaban J connectivity index is 3.09. The Morgan fingerprint density at radius 3 is 1.87 bits per heavy atom. The summed E-state index contributed by atoms with van der Waals surface area (Å²) in [5, 5.41) is 0. The average Bonchev–Trinajstić information content (AvgIpc) is 2.07. The number of hydrogen-bond acceptors (Lipinski definition) is 1. The number of amides is 1. The molecule has 0 aromatic heterocycles. The van der Waals surface area contributed by atoms with Gasteiger partial charge in [0.05, 0.1) is 0 Å². The molecule has 15 heavy (non-hydrogen) atoms. The Morgan fingerprint density at radius 1 is 0.933 bits per heavy atom. The maximum atomic E-state index is 10.4. The van der Waals surface area contributed by atoms with Gasteiger partial charge in [0.15, 0.2) is 3.79 Å². The van der Waals surface area contributed by atoms with Crippen LogP contribution in [0.1, 0.15) is 51.4 Å². The van der Waals surface area contributed by atoms with E-state index in [0.717, 1.165) is 38.5 Å². The molecule has 0 unspecified atom stereocenters. The number of hydrogen-bond donors (Lipinski definition) is 1. The maximum absolute atomic E-state index is 10.4. The van der Waals surface area contributed by atoms with Crippen molar-refractivity contribution in [3.63, 3.8) is 0 Å². The zero-order valence-electron chi connectivity index (χ0n) is 8.78. The summed E-state index contributed by atoms with van der Waals surface area (Å²) < 4.78 is -1.11. The SMILES string of the molecule is NC(=O)CCCCCCCCC(Cl)(Cl)Cl. The zero-order chi connectivity index (χ0) is 11.7. The minimum absolute atomic E-state index is 0.216. The largest absolute Gasteiger partial charge is 0.370 e. The van der Waals surface area contributed by atoms with Crippen LogP contribution in [0.3, 0.4) is 0 Å². The normalized spacial score (nSPS) is 11.7. The van der Waals surface area contributed by atoms with Crippen LogP contribution in [0.25, 0.3) is 0 Å². The van der Waals surface area contributed by atoms with Crippen molar-refractivity contribution in [3.05, 3.63) is 0 Å². The monoisotopic (exact) mass is 273 g/mol. The van der Waals surface area contributed by atoms with Crippen molar-refractivity contribution in [2.45, 2.75) is 55.2 Å². The second kappa shape index (κ2) is 8.49. The third-order valence-electron chi connectivity index (χ3n) is 2.13. The van der Waals surface area contributed by atoms with Crippen LogP contribution in [0.2, 0.25) is 0 Å². The van der Waals surface area contributed by atoms with Gasteiger partial charge in [0.2, 0.25) is 5.91 Å². The summed E-state index contributed by atoms with van der Waals surface area (Å²) in [6.45, 7) is 0. The number of alkyl halides is 3. The number of unbranched alkanes of at least 4 members (excludes halogenated alkanes) is 5. The van der Waals surface area contributed by atoms with Crippen molar-refractivity contribution < 1.29 is 4.79 Å². The molecular weight excluding hydrogens is 256 g/mol. The molecule has 90 valence electrons. The van der Waals surface area contributed by atoms with Crippen molar-refractivity contribution in [2.75, 3.05) is 0 Å². The Morgan fingerprint density at radius 2 is 1.40 bits per heavy atom. The van der Waals surface area contributed by atoms with Gasteiger partial charge in [0.1, 0.15) is 0 Å². The van der Waals surface area contributed by atoms with Gasteiger partial charge in [0, 0.05) is 6.42 Å². The lowest BCUT2D eigenvalue weighted by Gasteiger charge is -2.09. The fourth-order valence-corrected chi connectivity index (χ4v) is 1.73. The summed E-state index contributed by atoms with van der Waals surface area (Å²) in [6.07, 6.45) is 7.30. The van der Waals surface area contributed by atoms with Gasteiger partial charge >= 0.3 is 0 Å². The molecule has 2 N–H and O–H groups in total. The van der Waals surface area contributed by atoms with Gasteiger partial charge in [-0.05, 0) is 19.3 Å². The third-order valence-corrected chi connectivity index (χ3v) is 2.70. The van der Waals surface area contributed by atoms with E-state index in [0.29, 0.717) is 12.8 Å². The molecule has 2 nitrogen and oxygen atoms in total. The van der Waals surface area contributed by atoms with E-state index in [1.165, 1.54) is 0 Å². The molecule has 0 spiro atoms. The van der Waals surface area contributed by atoms with E-state index in [1.807, 2.05) is 0 Å². The molecule has 0 heterocycles. The summed E-state index contributed by atoms with van der Waals surface area (Å²) in [7, 11) is 0. The number of halogens is 3. The number of primary amides is 1. The summed E-state index contributed by atoms with van der Waals surface area (Å²) in [4.78, 5) is 10.4. The van der Waals surface area contributed by atoms with Crippen molar-refractivity contribution in [3.8, 4) is 0 Å². The van der Waals surface area contributed by atoms with Crippen LogP contribution >= 0.6 is 34.8 Å². The van der Waals surface area contributed by atoms with Crippen molar-refractivity contribution >= 4 is 40.7 Å². The van der Waals surface area contributed by atoms with Crippen LogP contribution in [0.4, 0.5) is 0 Å². The predicted molar refractivity (Wildman–Crippen MR) is 66.4 cm³/mol. The molecule has 1 amide bonds. The van der Waals surface area contributed by atoms with Crippen LogP contribution < -0.4 is 5.73 Å². The summed E-state index contributed by atoms with van der Waals surface area (Å²) in [6, 6.07) is 0. The van der Waals surface area contributed by atoms with Crippen molar-refractivity contribution in [1.82, 2.24) is 0 Å². The molecule has 5 heteroatoms. The summed E-state index contributed by atoms with van der Waals surface area (Å²) in [5.74, 6) is -0.216. The van der Waals surface area contributed by atoms with E-state index < -0.39 is 3.79 Å². The van der Waals surface area contributed by atoms with Gasteiger partial charge in [-0.2, -0.15) is 0 Å². The molecule has 0 aromatic carbocycles. The molecule has 0 rings (SSSR count). The standard InChI is InChI=1S/C10H18Cl3NO/c11-10(12,13)8-6-4-2-1-3-5-7-9(14)15/h1-8H2,(H2,14,15). The van der Waals surface area contributed by atoms with Crippen LogP contribution in [0.15, 0.2) is 0 Å². The first kappa shape index (κ1) is 15.3. The number of nitrogens with two attached hydrogens (primary N) is 1. The van der Waals surface area contributed by atoms with Gasteiger partial charge in [-0.25, -0.2) is 0 Å². The maximum Gasteiger partial charge on any atom is 0.217 e. The molecule has 0 fully saturated rings. The molecule has 0 bridgehead atoms. The highest BCUT2D eigenvalue weighted by Gasteiger charge is 2.17. The molecule has 0 aliphatic heterocycles. The quantitative estimate of drug-likeness (QED) is 0.528. The lowest BCUT2D eigenvalue weighted by Crippen LogP contribution is -2.09. The summed E-state index contributed by atoms with van der Waals surface area (Å²) >= 11 is 16.8. The topological polar surface area (TPSA) is 43.1 Å². The highest BCUT2D eigenvalue weighted by molar-refractivity contribution is 6.67. The van der Waals surface area contributed by atoms with E-state index in [4.69, 9.17) is 40.5 Å². The second-order valence-electron chi connectivity index (χ2n) is 3.70. The molecule has 0 saturated heterocycles. The Bertz CT molecular complexity index is 180. The molecule has 0 aliphatic rings. The van der Waals surface area contributed by atoms with E-state index in [9.17, 15) is 4.79 Å². The van der Waals surface area contributed by atoms with E-state index in [1.54, 1.807) is 0 Å². The Kier molecular flexibility index (Phi) is 8.68. The molecule has 0 saturated carbocycles. The predicted octanol–water partition coefficient (Wildman–Crippen LogP) is 3.96. The molecule has 0 radical (unpaired) electrons. The van der Waals surface area contributed by atoms with Crippen molar-refractivity contribution in [1.29, 1.82) is 0 Å². The summed E-state index contributed by atoms with van der Waals surface area (Å²) in [5.41, 5.74) is 5.02. The van der Waals surface area contributed by atoms with E-state index in [-0.39, 0.29) is 5.91 Å². The van der Waals surface area contributed by atoms with E-state index in [2.05, 4.69) is 0 Å². The lowest BCUT2D eigenvalue weighted by molar-refractivity contribution is -0.118. The van der Waals surface area contributed by atoms with Crippen LogP contribution in [0.5, 0.6) is 0 Å². The molecule has 0 aromatic rings. The first-order valence-corrected chi connectivity index (χ1v) is 6.40. The number of carbonyl (C=O) groups excluding carboxylic acids is 1. The van der Waals surface area contributed by atoms with Crippen LogP contribution in [-0.4, -0.2) is 9.70 Å². The van der Waals surface area contributed by atoms with Gasteiger partial charge in [-0.3, -0.25) is 4.79 Å². The average molecular weight is 275 g/mol.